The summed E-state index contributed by atoms with van der Waals surface area (Å²) < 4.78 is 11.4. The van der Waals surface area contributed by atoms with Gasteiger partial charge >= 0.3 is 5.97 Å². The molecule has 0 rings (SSSR count). The van der Waals surface area contributed by atoms with Gasteiger partial charge in [0.05, 0.1) is 19.1 Å². The van der Waals surface area contributed by atoms with Crippen LogP contribution in [0.5, 0.6) is 0 Å². The molecule has 3 nitrogen and oxygen atoms in total. The maximum atomic E-state index is 11.5. The van der Waals surface area contributed by atoms with Crippen molar-refractivity contribution in [3.63, 3.8) is 0 Å². The van der Waals surface area contributed by atoms with Gasteiger partial charge in [0.1, 0.15) is 0 Å². The van der Waals surface area contributed by atoms with Crippen molar-refractivity contribution in [3.8, 4) is 0 Å². The molecule has 0 spiro atoms. The van der Waals surface area contributed by atoms with Crippen LogP contribution in [0.25, 0.3) is 0 Å². The Bertz CT molecular complexity index is 403. The first kappa shape index (κ1) is 22.1. The van der Waals surface area contributed by atoms with Gasteiger partial charge in [0.25, 0.3) is 0 Å². The molecular formula is C19H36O3Si. The quantitative estimate of drug-likeness (QED) is 0.283. The van der Waals surface area contributed by atoms with Crippen LogP contribution in [-0.4, -0.2) is 27.5 Å². The second-order valence-corrected chi connectivity index (χ2v) is 11.2. The first-order valence-electron chi connectivity index (χ1n) is 8.90. The zero-order valence-corrected chi connectivity index (χ0v) is 17.2. The minimum Gasteiger partial charge on any atom is -0.469 e. The van der Waals surface area contributed by atoms with Crippen molar-refractivity contribution in [3.05, 3.63) is 23.8 Å². The highest BCUT2D eigenvalue weighted by Crippen LogP contribution is 2.27. The van der Waals surface area contributed by atoms with Crippen molar-refractivity contribution in [1.82, 2.24) is 0 Å². The maximum Gasteiger partial charge on any atom is 0.308 e. The van der Waals surface area contributed by atoms with E-state index in [9.17, 15) is 4.79 Å². The van der Waals surface area contributed by atoms with Gasteiger partial charge in [-0.1, -0.05) is 52.8 Å². The van der Waals surface area contributed by atoms with Gasteiger partial charge in [-0.2, -0.15) is 0 Å². The molecule has 0 saturated carbocycles. The predicted octanol–water partition coefficient (Wildman–Crippen LogP) is 5.49. The monoisotopic (exact) mass is 340 g/mol. The molecule has 134 valence electrons. The van der Waals surface area contributed by atoms with Gasteiger partial charge in [-0.3, -0.25) is 4.79 Å². The number of esters is 1. The van der Waals surface area contributed by atoms with Crippen LogP contribution in [0.4, 0.5) is 0 Å². The van der Waals surface area contributed by atoms with E-state index in [4.69, 9.17) is 9.16 Å². The summed E-state index contributed by atoms with van der Waals surface area (Å²) in [5, 5.41) is 0. The van der Waals surface area contributed by atoms with Gasteiger partial charge in [-0.25, -0.2) is 0 Å². The number of carbonyl (C=O) groups is 1. The van der Waals surface area contributed by atoms with Crippen molar-refractivity contribution < 1.29 is 14.0 Å². The summed E-state index contributed by atoms with van der Waals surface area (Å²) in [4.78, 5) is 11.5. The summed E-state index contributed by atoms with van der Waals surface area (Å²) in [7, 11) is -0.191. The summed E-state index contributed by atoms with van der Waals surface area (Å²) in [6, 6.07) is 3.47. The van der Waals surface area contributed by atoms with E-state index in [-0.39, 0.29) is 18.0 Å². The van der Waals surface area contributed by atoms with Crippen molar-refractivity contribution >= 4 is 14.3 Å². The molecule has 0 unspecified atom stereocenters. The van der Waals surface area contributed by atoms with Gasteiger partial charge in [0, 0.05) is 0 Å². The van der Waals surface area contributed by atoms with E-state index < -0.39 is 8.32 Å². The fourth-order valence-corrected chi connectivity index (χ4v) is 5.91. The van der Waals surface area contributed by atoms with Crippen LogP contribution < -0.4 is 0 Å². The molecule has 0 saturated heterocycles. The average molecular weight is 341 g/mol. The topological polar surface area (TPSA) is 35.5 Å². The Balaban J connectivity index is 4.96. The molecule has 0 radical (unpaired) electrons. The lowest BCUT2D eigenvalue weighted by Gasteiger charge is -2.33. The Hall–Kier alpha value is -0.873. The molecule has 2 atom stereocenters. The second-order valence-electron chi connectivity index (χ2n) is 6.43. The highest BCUT2D eigenvalue weighted by molar-refractivity contribution is 6.73. The number of carbonyl (C=O) groups excluding carboxylic acids is 1. The highest BCUT2D eigenvalue weighted by Gasteiger charge is 2.31. The fourth-order valence-electron chi connectivity index (χ4n) is 2.95. The third-order valence-corrected chi connectivity index (χ3v) is 9.46. The van der Waals surface area contributed by atoms with Crippen LogP contribution in [0.1, 0.15) is 54.4 Å². The largest absolute Gasteiger partial charge is 0.469 e. The van der Waals surface area contributed by atoms with Gasteiger partial charge < -0.3 is 9.16 Å². The Labute approximate surface area is 144 Å². The highest BCUT2D eigenvalue weighted by atomic mass is 28.4. The van der Waals surface area contributed by atoms with Gasteiger partial charge in [-0.05, 0) is 43.5 Å². The lowest BCUT2D eigenvalue weighted by Crippen LogP contribution is -2.40. The summed E-state index contributed by atoms with van der Waals surface area (Å²) in [5.41, 5.74) is 2.17. The van der Waals surface area contributed by atoms with E-state index in [1.54, 1.807) is 0 Å². The Morgan fingerprint density at radius 3 is 2.09 bits per heavy atom. The lowest BCUT2D eigenvalue weighted by molar-refractivity contribution is -0.144. The minimum absolute atomic E-state index is 0.159. The molecule has 0 aromatic rings. The SMILES string of the molecule is C=C(/C=C(\C)[C@@H](CC)O[Si](CC)(CC)CC)C[C@H](C)C(=O)OC. The van der Waals surface area contributed by atoms with Crippen LogP contribution in [0.15, 0.2) is 23.8 Å². The first-order chi connectivity index (χ1) is 10.8. The standard InChI is InChI=1S/C19H36O3Si/c1-9-18(22-23(10-2,11-3)12-4)16(6)13-15(5)14-17(7)19(20)21-8/h13,17-18H,5,9-12,14H2,1-4,6-8H3/b16-13+/t17-,18+/m0/s1. The molecule has 0 N–H and O–H groups in total. The van der Waals surface area contributed by atoms with E-state index in [1.807, 2.05) is 6.92 Å². The zero-order chi connectivity index (χ0) is 18.0. The van der Waals surface area contributed by atoms with Gasteiger partial charge in [0.2, 0.25) is 0 Å². The fraction of sp³-hybridized carbons (Fsp3) is 0.737. The van der Waals surface area contributed by atoms with Crippen molar-refractivity contribution in [2.75, 3.05) is 7.11 Å². The van der Waals surface area contributed by atoms with Crippen LogP contribution >= 0.6 is 0 Å². The summed E-state index contributed by atoms with van der Waals surface area (Å²) in [6.07, 6.45) is 3.84. The Kier molecular flexibility index (Phi) is 10.4. The molecular weight excluding hydrogens is 304 g/mol. The molecule has 23 heavy (non-hydrogen) atoms. The van der Waals surface area contributed by atoms with E-state index in [2.05, 4.69) is 47.3 Å². The Morgan fingerprint density at radius 2 is 1.70 bits per heavy atom. The third-order valence-electron chi connectivity index (χ3n) is 4.81. The summed E-state index contributed by atoms with van der Waals surface area (Å²) in [6.45, 7) is 17.0. The normalized spacial score (nSPS) is 15.2. The smallest absolute Gasteiger partial charge is 0.308 e. The van der Waals surface area contributed by atoms with Crippen LogP contribution in [-0.2, 0) is 14.0 Å². The second kappa shape index (κ2) is 10.8. The van der Waals surface area contributed by atoms with Crippen molar-refractivity contribution in [2.45, 2.75) is 78.6 Å². The molecule has 0 aliphatic rings. The number of hydrogen-bond donors (Lipinski definition) is 0. The summed E-state index contributed by atoms with van der Waals surface area (Å²) in [5.74, 6) is -0.345. The lowest BCUT2D eigenvalue weighted by atomic mass is 9.99. The summed E-state index contributed by atoms with van der Waals surface area (Å²) >= 11 is 0. The first-order valence-corrected chi connectivity index (χ1v) is 11.4. The molecule has 0 aliphatic carbocycles. The molecule has 0 aromatic carbocycles. The zero-order valence-electron chi connectivity index (χ0n) is 16.2. The number of methoxy groups -OCH3 is 1. The van der Waals surface area contributed by atoms with Crippen LogP contribution in [0.3, 0.4) is 0 Å². The van der Waals surface area contributed by atoms with E-state index >= 15 is 0 Å². The third kappa shape index (κ3) is 7.04. The van der Waals surface area contributed by atoms with Crippen molar-refractivity contribution in [2.24, 2.45) is 5.92 Å². The van der Waals surface area contributed by atoms with Gasteiger partial charge in [-0.15, -0.1) is 0 Å². The van der Waals surface area contributed by atoms with Crippen LogP contribution in [0, 0.1) is 5.92 Å². The Morgan fingerprint density at radius 1 is 1.17 bits per heavy atom. The molecule has 4 heteroatoms. The van der Waals surface area contributed by atoms with E-state index in [0.29, 0.717) is 6.42 Å². The molecule has 0 amide bonds. The van der Waals surface area contributed by atoms with E-state index in [1.165, 1.54) is 12.7 Å². The number of ether oxygens (including phenoxy) is 1. The van der Waals surface area contributed by atoms with Crippen molar-refractivity contribution in [1.29, 1.82) is 0 Å². The number of hydrogen-bond acceptors (Lipinski definition) is 3. The number of rotatable bonds is 11. The molecule has 0 bridgehead atoms. The van der Waals surface area contributed by atoms with Crippen LogP contribution in [0.2, 0.25) is 18.1 Å². The molecule has 0 heterocycles. The number of allylic oxidation sites excluding steroid dienone is 2. The minimum atomic E-state index is -1.62. The maximum absolute atomic E-state index is 11.5. The van der Waals surface area contributed by atoms with E-state index in [0.717, 1.165) is 30.1 Å². The predicted molar refractivity (Wildman–Crippen MR) is 101 cm³/mol. The average Bonchev–Trinajstić information content (AvgIpc) is 2.55. The molecule has 0 aliphatic heterocycles. The molecule has 0 fully saturated rings. The van der Waals surface area contributed by atoms with Gasteiger partial charge in [0.15, 0.2) is 8.32 Å². The molecule has 0 aromatic heterocycles.